The molecule has 3 N–H and O–H groups in total. The molecule has 19 heavy (non-hydrogen) atoms. The van der Waals surface area contributed by atoms with Gasteiger partial charge in [0.2, 0.25) is 5.95 Å². The number of rotatable bonds is 3. The number of hydrogen-bond donors (Lipinski definition) is 3. The number of pyridine rings is 1. The van der Waals surface area contributed by atoms with Gasteiger partial charge in [0.05, 0.1) is 0 Å². The molecule has 0 amide bonds. The molecule has 0 aliphatic rings. The molecule has 0 unspecified atom stereocenters. The number of H-pyrrole nitrogens is 2. The molecule has 0 atom stereocenters. The lowest BCUT2D eigenvalue weighted by Crippen LogP contribution is -2.29. The largest absolute Gasteiger partial charge is 0.325 e. The summed E-state index contributed by atoms with van der Waals surface area (Å²) in [5.74, 6) is -1.17. The van der Waals surface area contributed by atoms with Crippen LogP contribution in [-0.2, 0) is 10.0 Å². The topological polar surface area (TPSA) is 125 Å². The van der Waals surface area contributed by atoms with E-state index in [1.54, 1.807) is 4.98 Å². The summed E-state index contributed by atoms with van der Waals surface area (Å²) in [5.41, 5.74) is -1.93. The minimum absolute atomic E-state index is 0.286. The van der Waals surface area contributed by atoms with E-state index in [0.717, 1.165) is 12.3 Å². The lowest BCUT2D eigenvalue weighted by atomic mass is 10.5. The van der Waals surface area contributed by atoms with Crippen LogP contribution in [0.3, 0.4) is 0 Å². The van der Waals surface area contributed by atoms with Crippen molar-refractivity contribution in [2.75, 3.05) is 4.72 Å². The van der Waals surface area contributed by atoms with Crippen molar-refractivity contribution < 1.29 is 12.8 Å². The van der Waals surface area contributed by atoms with Gasteiger partial charge in [-0.1, -0.05) is 6.07 Å². The summed E-state index contributed by atoms with van der Waals surface area (Å²) in [7, 11) is -4.27. The van der Waals surface area contributed by atoms with Gasteiger partial charge < -0.3 is 4.98 Å². The van der Waals surface area contributed by atoms with E-state index in [1.807, 2.05) is 9.71 Å². The number of aromatic amines is 2. The third kappa shape index (κ3) is 2.85. The maximum Gasteiger partial charge on any atom is 0.325 e. The molecule has 0 saturated carbocycles. The molecule has 2 aromatic heterocycles. The molecule has 0 fully saturated rings. The second-order valence-corrected chi connectivity index (χ2v) is 5.04. The highest BCUT2D eigenvalue weighted by molar-refractivity contribution is 7.92. The predicted octanol–water partition coefficient (Wildman–Crippen LogP) is -0.602. The van der Waals surface area contributed by atoms with Crippen LogP contribution in [0, 0.1) is 5.95 Å². The normalized spacial score (nSPS) is 11.2. The summed E-state index contributed by atoms with van der Waals surface area (Å²) in [6.45, 7) is 0. The van der Waals surface area contributed by atoms with Crippen LogP contribution >= 0.6 is 0 Å². The van der Waals surface area contributed by atoms with Gasteiger partial charge in [-0.3, -0.25) is 14.5 Å². The van der Waals surface area contributed by atoms with Gasteiger partial charge >= 0.3 is 5.69 Å². The first-order valence-electron chi connectivity index (χ1n) is 4.86. The number of aromatic nitrogens is 3. The van der Waals surface area contributed by atoms with Crippen LogP contribution in [0.25, 0.3) is 0 Å². The Kier molecular flexibility index (Phi) is 3.17. The quantitative estimate of drug-likeness (QED) is 0.650. The van der Waals surface area contributed by atoms with Crippen LogP contribution in [0.15, 0.2) is 38.9 Å². The van der Waals surface area contributed by atoms with Crippen molar-refractivity contribution in [3.63, 3.8) is 0 Å². The maximum absolute atomic E-state index is 12.8. The van der Waals surface area contributed by atoms with Gasteiger partial charge in [0.25, 0.3) is 15.6 Å². The zero-order valence-corrected chi connectivity index (χ0v) is 9.99. The van der Waals surface area contributed by atoms with Crippen molar-refractivity contribution >= 4 is 15.8 Å². The second kappa shape index (κ2) is 4.65. The number of nitrogens with zero attached hydrogens (tertiary/aromatic N) is 1. The molecule has 0 bridgehead atoms. The van der Waals surface area contributed by atoms with E-state index >= 15 is 0 Å². The minimum Gasteiger partial charge on any atom is -0.313 e. The molecule has 2 aromatic rings. The smallest absolute Gasteiger partial charge is 0.313 e. The minimum atomic E-state index is -4.27. The first-order valence-corrected chi connectivity index (χ1v) is 6.34. The molecule has 100 valence electrons. The van der Waals surface area contributed by atoms with Crippen LogP contribution in [0.4, 0.5) is 10.2 Å². The van der Waals surface area contributed by atoms with E-state index in [1.165, 1.54) is 12.1 Å². The molecule has 2 rings (SSSR count). The van der Waals surface area contributed by atoms with Crippen LogP contribution in [0.1, 0.15) is 0 Å². The first-order chi connectivity index (χ1) is 8.88. The zero-order chi connectivity index (χ0) is 14.0. The Labute approximate surface area is 105 Å². The molecule has 0 spiro atoms. The number of anilines is 1. The van der Waals surface area contributed by atoms with Crippen LogP contribution in [-0.4, -0.2) is 23.4 Å². The Morgan fingerprint density at radius 3 is 2.63 bits per heavy atom. The Morgan fingerprint density at radius 2 is 2.00 bits per heavy atom. The molecule has 8 nitrogen and oxygen atoms in total. The molecule has 0 aliphatic carbocycles. The van der Waals surface area contributed by atoms with Gasteiger partial charge in [0, 0.05) is 6.20 Å². The number of halogens is 1. The third-order valence-electron chi connectivity index (χ3n) is 2.03. The zero-order valence-electron chi connectivity index (χ0n) is 9.18. The molecule has 2 heterocycles. The van der Waals surface area contributed by atoms with E-state index < -0.39 is 32.1 Å². The fraction of sp³-hybridized carbons (Fsp3) is 0. The standard InChI is InChI=1S/C9H7FN4O4S/c10-6-2-1-3-7(12-6)14-19(17,18)5-4-11-9(16)13-8(5)15/h1-4H,(H,12,14)(H2,11,13,15,16). The first kappa shape index (κ1) is 13.0. The predicted molar refractivity (Wildman–Crippen MR) is 62.7 cm³/mol. The van der Waals surface area contributed by atoms with E-state index in [9.17, 15) is 22.4 Å². The van der Waals surface area contributed by atoms with Gasteiger partial charge in [0.1, 0.15) is 5.82 Å². The fourth-order valence-electron chi connectivity index (χ4n) is 1.25. The van der Waals surface area contributed by atoms with Gasteiger partial charge in [-0.25, -0.2) is 18.2 Å². The average molecular weight is 286 g/mol. The van der Waals surface area contributed by atoms with Gasteiger partial charge in [0.15, 0.2) is 4.90 Å². The molecule has 0 radical (unpaired) electrons. The Balaban J connectivity index is 2.43. The monoisotopic (exact) mass is 286 g/mol. The highest BCUT2D eigenvalue weighted by atomic mass is 32.2. The summed E-state index contributed by atoms with van der Waals surface area (Å²) >= 11 is 0. The molecule has 10 heteroatoms. The average Bonchev–Trinajstić information content (AvgIpc) is 2.27. The molecular formula is C9H7FN4O4S. The maximum atomic E-state index is 12.8. The van der Waals surface area contributed by atoms with Gasteiger partial charge in [-0.15, -0.1) is 0 Å². The highest BCUT2D eigenvalue weighted by Crippen LogP contribution is 2.09. The summed E-state index contributed by atoms with van der Waals surface area (Å²) in [6.07, 6.45) is 0.739. The van der Waals surface area contributed by atoms with Crippen molar-refractivity contribution in [2.45, 2.75) is 4.90 Å². The lowest BCUT2D eigenvalue weighted by molar-refractivity contribution is 0.584. The second-order valence-electron chi connectivity index (χ2n) is 3.39. The number of sulfonamides is 1. The Bertz CT molecular complexity index is 826. The molecule has 0 saturated heterocycles. The Morgan fingerprint density at radius 1 is 1.26 bits per heavy atom. The van der Waals surface area contributed by atoms with Crippen molar-refractivity contribution in [3.8, 4) is 0 Å². The van der Waals surface area contributed by atoms with Crippen LogP contribution < -0.4 is 16.0 Å². The number of hydrogen-bond acceptors (Lipinski definition) is 5. The third-order valence-corrected chi connectivity index (χ3v) is 3.39. The summed E-state index contributed by atoms with van der Waals surface area (Å²) in [6, 6.07) is 3.49. The number of nitrogens with one attached hydrogen (secondary N) is 3. The Hall–Kier alpha value is -2.49. The van der Waals surface area contributed by atoms with E-state index in [0.29, 0.717) is 0 Å². The summed E-state index contributed by atoms with van der Waals surface area (Å²) in [5, 5.41) is 0. The van der Waals surface area contributed by atoms with Crippen molar-refractivity contribution in [1.82, 2.24) is 15.0 Å². The van der Waals surface area contributed by atoms with Gasteiger partial charge in [-0.2, -0.15) is 4.39 Å². The lowest BCUT2D eigenvalue weighted by Gasteiger charge is -2.05. The SMILES string of the molecule is O=c1[nH]cc(S(=O)(=O)Nc2cccc(F)n2)c(=O)[nH]1. The van der Waals surface area contributed by atoms with Gasteiger partial charge in [-0.05, 0) is 12.1 Å². The summed E-state index contributed by atoms with van der Waals surface area (Å²) < 4.78 is 38.4. The molecular weight excluding hydrogens is 279 g/mol. The van der Waals surface area contributed by atoms with Crippen molar-refractivity contribution in [3.05, 3.63) is 51.2 Å². The van der Waals surface area contributed by atoms with Crippen LogP contribution in [0.5, 0.6) is 0 Å². The van der Waals surface area contributed by atoms with Crippen molar-refractivity contribution in [1.29, 1.82) is 0 Å². The van der Waals surface area contributed by atoms with E-state index in [4.69, 9.17) is 0 Å². The highest BCUT2D eigenvalue weighted by Gasteiger charge is 2.19. The van der Waals surface area contributed by atoms with Crippen molar-refractivity contribution in [2.24, 2.45) is 0 Å². The van der Waals surface area contributed by atoms with E-state index in [2.05, 4.69) is 4.98 Å². The summed E-state index contributed by atoms with van der Waals surface area (Å²) in [4.78, 5) is 28.5. The molecule has 0 aromatic carbocycles. The molecule has 0 aliphatic heterocycles. The van der Waals surface area contributed by atoms with E-state index in [-0.39, 0.29) is 5.82 Å². The fourth-order valence-corrected chi connectivity index (χ4v) is 2.26. The van der Waals surface area contributed by atoms with Crippen LogP contribution in [0.2, 0.25) is 0 Å².